The SMILES string of the molecule is COc1c2ccccc2c(OC)c2cc(S(=O)(=O)O)ccc12.[Na]. The van der Waals surface area contributed by atoms with E-state index in [9.17, 15) is 13.0 Å². The van der Waals surface area contributed by atoms with Crippen LogP contribution < -0.4 is 9.47 Å². The molecule has 5 nitrogen and oxygen atoms in total. The van der Waals surface area contributed by atoms with E-state index in [1.54, 1.807) is 13.2 Å². The van der Waals surface area contributed by atoms with Crippen molar-refractivity contribution in [3.8, 4) is 11.5 Å². The van der Waals surface area contributed by atoms with Crippen molar-refractivity contribution in [2.24, 2.45) is 0 Å². The van der Waals surface area contributed by atoms with Crippen molar-refractivity contribution in [2.45, 2.75) is 4.90 Å². The fourth-order valence-electron chi connectivity index (χ4n) is 2.68. The van der Waals surface area contributed by atoms with E-state index in [0.717, 1.165) is 10.8 Å². The standard InChI is InChI=1S/C16H14O5S.Na/c1-20-15-11-5-3-4-6-12(11)16(21-2)14-9-10(22(17,18)19)7-8-13(14)15;/h3-9H,1-2H3,(H,17,18,19);. The molecule has 0 aliphatic heterocycles. The molecule has 3 aromatic rings. The van der Waals surface area contributed by atoms with Gasteiger partial charge in [-0.05, 0) is 18.2 Å². The second-order valence-electron chi connectivity index (χ2n) is 4.79. The topological polar surface area (TPSA) is 72.8 Å². The third kappa shape index (κ3) is 3.05. The molecule has 0 bridgehead atoms. The molecule has 1 radical (unpaired) electrons. The monoisotopic (exact) mass is 341 g/mol. The minimum atomic E-state index is -4.29. The first kappa shape index (κ1) is 18.0. The first-order valence-electron chi connectivity index (χ1n) is 6.51. The van der Waals surface area contributed by atoms with Crippen LogP contribution in [0.2, 0.25) is 0 Å². The molecule has 0 heterocycles. The van der Waals surface area contributed by atoms with E-state index in [0.29, 0.717) is 22.3 Å². The molecule has 0 aromatic heterocycles. The normalized spacial score (nSPS) is 11.3. The minimum Gasteiger partial charge on any atom is -0.495 e. The summed E-state index contributed by atoms with van der Waals surface area (Å²) in [6, 6.07) is 11.9. The van der Waals surface area contributed by atoms with Crippen molar-refractivity contribution in [3.63, 3.8) is 0 Å². The Morgan fingerprint density at radius 1 is 0.826 bits per heavy atom. The van der Waals surface area contributed by atoms with Crippen LogP contribution in [-0.2, 0) is 10.1 Å². The molecule has 115 valence electrons. The maximum atomic E-state index is 11.4. The Labute approximate surface area is 156 Å². The first-order valence-corrected chi connectivity index (χ1v) is 7.95. The predicted octanol–water partition coefficient (Wildman–Crippen LogP) is 2.88. The molecular weight excluding hydrogens is 327 g/mol. The molecule has 7 heteroatoms. The number of ether oxygens (including phenoxy) is 2. The molecule has 0 unspecified atom stereocenters. The van der Waals surface area contributed by atoms with Gasteiger partial charge in [0.05, 0.1) is 19.1 Å². The van der Waals surface area contributed by atoms with Gasteiger partial charge in [-0.1, -0.05) is 24.3 Å². The van der Waals surface area contributed by atoms with Gasteiger partial charge in [0.2, 0.25) is 0 Å². The second-order valence-corrected chi connectivity index (χ2v) is 6.22. The van der Waals surface area contributed by atoms with Crippen LogP contribution in [0.5, 0.6) is 11.5 Å². The summed E-state index contributed by atoms with van der Waals surface area (Å²) < 4.78 is 43.0. The molecule has 0 amide bonds. The minimum absolute atomic E-state index is 0. The van der Waals surface area contributed by atoms with Crippen LogP contribution in [-0.4, -0.2) is 56.7 Å². The Balaban J connectivity index is 0.00000192. The van der Waals surface area contributed by atoms with E-state index < -0.39 is 10.1 Å². The molecule has 0 saturated carbocycles. The van der Waals surface area contributed by atoms with Gasteiger partial charge in [-0.2, -0.15) is 8.42 Å². The largest absolute Gasteiger partial charge is 0.495 e. The number of methoxy groups -OCH3 is 2. The third-order valence-electron chi connectivity index (χ3n) is 3.60. The van der Waals surface area contributed by atoms with Crippen molar-refractivity contribution in [3.05, 3.63) is 42.5 Å². The Bertz CT molecular complexity index is 983. The Morgan fingerprint density at radius 3 is 1.78 bits per heavy atom. The zero-order chi connectivity index (χ0) is 15.9. The van der Waals surface area contributed by atoms with Gasteiger partial charge in [0.1, 0.15) is 11.5 Å². The van der Waals surface area contributed by atoms with Crippen LogP contribution in [0.25, 0.3) is 21.5 Å². The van der Waals surface area contributed by atoms with E-state index in [-0.39, 0.29) is 34.5 Å². The molecule has 0 aliphatic carbocycles. The van der Waals surface area contributed by atoms with Gasteiger partial charge in [-0.3, -0.25) is 4.55 Å². The van der Waals surface area contributed by atoms with E-state index >= 15 is 0 Å². The zero-order valence-electron chi connectivity index (χ0n) is 13.0. The van der Waals surface area contributed by atoms with Crippen molar-refractivity contribution >= 4 is 61.2 Å². The van der Waals surface area contributed by atoms with E-state index in [4.69, 9.17) is 9.47 Å². The summed E-state index contributed by atoms with van der Waals surface area (Å²) in [5.41, 5.74) is 0. The maximum absolute atomic E-state index is 11.4. The summed E-state index contributed by atoms with van der Waals surface area (Å²) in [7, 11) is -1.21. The van der Waals surface area contributed by atoms with Gasteiger partial charge in [-0.25, -0.2) is 0 Å². The molecule has 0 atom stereocenters. The van der Waals surface area contributed by atoms with Gasteiger partial charge in [0.25, 0.3) is 10.1 Å². The molecule has 3 rings (SSSR count). The average Bonchev–Trinajstić information content (AvgIpc) is 2.51. The summed E-state index contributed by atoms with van der Waals surface area (Å²) in [6.07, 6.45) is 0. The van der Waals surface area contributed by atoms with Gasteiger partial charge in [-0.15, -0.1) is 0 Å². The van der Waals surface area contributed by atoms with Crippen molar-refractivity contribution < 1.29 is 22.4 Å². The number of hydrogen-bond donors (Lipinski definition) is 1. The molecule has 0 aliphatic rings. The summed E-state index contributed by atoms with van der Waals surface area (Å²) in [6.45, 7) is 0. The number of fused-ring (bicyclic) bond motifs is 2. The fraction of sp³-hybridized carbons (Fsp3) is 0.125. The number of benzene rings is 3. The van der Waals surface area contributed by atoms with Crippen LogP contribution in [0.3, 0.4) is 0 Å². The molecule has 0 saturated heterocycles. The number of hydrogen-bond acceptors (Lipinski definition) is 4. The van der Waals surface area contributed by atoms with Crippen molar-refractivity contribution in [2.75, 3.05) is 14.2 Å². The zero-order valence-corrected chi connectivity index (χ0v) is 15.8. The van der Waals surface area contributed by atoms with Crippen LogP contribution in [0.4, 0.5) is 0 Å². The van der Waals surface area contributed by atoms with Crippen LogP contribution in [0.1, 0.15) is 0 Å². The molecular formula is C16H14NaO5S. The Hall–Kier alpha value is -1.31. The second kappa shape index (κ2) is 6.67. The van der Waals surface area contributed by atoms with Crippen LogP contribution in [0.15, 0.2) is 47.4 Å². The quantitative estimate of drug-likeness (QED) is 0.450. The molecule has 23 heavy (non-hydrogen) atoms. The fourth-order valence-corrected chi connectivity index (χ4v) is 3.19. The van der Waals surface area contributed by atoms with Gasteiger partial charge < -0.3 is 9.47 Å². The molecule has 0 fully saturated rings. The summed E-state index contributed by atoms with van der Waals surface area (Å²) in [4.78, 5) is -0.185. The van der Waals surface area contributed by atoms with E-state index in [1.165, 1.54) is 19.2 Å². The third-order valence-corrected chi connectivity index (χ3v) is 4.45. The molecule has 1 N–H and O–H groups in total. The smallest absolute Gasteiger partial charge is 0.294 e. The molecule has 3 aromatic carbocycles. The van der Waals surface area contributed by atoms with Gasteiger partial charge >= 0.3 is 0 Å². The summed E-state index contributed by atoms with van der Waals surface area (Å²) >= 11 is 0. The predicted molar refractivity (Wildman–Crippen MR) is 90.1 cm³/mol. The van der Waals surface area contributed by atoms with Gasteiger partial charge in [0, 0.05) is 51.1 Å². The summed E-state index contributed by atoms with van der Waals surface area (Å²) in [5.74, 6) is 1.17. The van der Waals surface area contributed by atoms with E-state index in [1.807, 2.05) is 24.3 Å². The summed E-state index contributed by atoms with van der Waals surface area (Å²) in [5, 5.41) is 2.95. The van der Waals surface area contributed by atoms with Crippen molar-refractivity contribution in [1.29, 1.82) is 0 Å². The average molecular weight is 341 g/mol. The van der Waals surface area contributed by atoms with E-state index in [2.05, 4.69) is 0 Å². The van der Waals surface area contributed by atoms with Crippen LogP contribution >= 0.6 is 0 Å². The van der Waals surface area contributed by atoms with Crippen molar-refractivity contribution in [1.82, 2.24) is 0 Å². The van der Waals surface area contributed by atoms with Crippen LogP contribution in [0, 0.1) is 0 Å². The number of rotatable bonds is 3. The maximum Gasteiger partial charge on any atom is 0.294 e. The molecule has 0 spiro atoms. The Kier molecular flexibility index (Phi) is 5.23. The van der Waals surface area contributed by atoms with Gasteiger partial charge in [0.15, 0.2) is 0 Å². The Morgan fingerprint density at radius 2 is 1.30 bits per heavy atom. The first-order chi connectivity index (χ1) is 10.5.